The fourth-order valence-corrected chi connectivity index (χ4v) is 2.24. The molecule has 0 saturated carbocycles. The molecule has 0 radical (unpaired) electrons. The quantitative estimate of drug-likeness (QED) is 0.681. The molecule has 1 rings (SSSR count). The third-order valence-corrected chi connectivity index (χ3v) is 3.41. The lowest BCUT2D eigenvalue weighted by Crippen LogP contribution is -2.44. The number of hydrogen-bond acceptors (Lipinski definition) is 3. The topological polar surface area (TPSA) is 57.5 Å². The molecule has 0 fully saturated rings. The van der Waals surface area contributed by atoms with Crippen molar-refractivity contribution in [2.24, 2.45) is 5.92 Å². The van der Waals surface area contributed by atoms with Crippen molar-refractivity contribution in [3.05, 3.63) is 11.5 Å². The molecule has 0 aliphatic carbocycles. The van der Waals surface area contributed by atoms with E-state index in [0.29, 0.717) is 0 Å². The standard InChI is InChI=1S/C8H12O3S/c1-5(7(9)10)8(11)3-4-12-6(8)2/h3-6,11H,1-2H3,(H,9,10)/t5-,6?,8-/m1/s1. The molecule has 12 heavy (non-hydrogen) atoms. The van der Waals surface area contributed by atoms with E-state index in [-0.39, 0.29) is 5.25 Å². The fraction of sp³-hybridized carbons (Fsp3) is 0.625. The van der Waals surface area contributed by atoms with Crippen LogP contribution in [0.1, 0.15) is 13.8 Å². The van der Waals surface area contributed by atoms with Gasteiger partial charge in [-0.05, 0) is 25.3 Å². The lowest BCUT2D eigenvalue weighted by atomic mass is 9.86. The maximum atomic E-state index is 10.6. The molecule has 1 aliphatic rings. The maximum absolute atomic E-state index is 10.6. The van der Waals surface area contributed by atoms with E-state index in [4.69, 9.17) is 5.11 Å². The van der Waals surface area contributed by atoms with E-state index in [1.54, 1.807) is 11.5 Å². The lowest BCUT2D eigenvalue weighted by molar-refractivity contribution is -0.147. The van der Waals surface area contributed by atoms with Crippen LogP contribution in [0.15, 0.2) is 11.5 Å². The van der Waals surface area contributed by atoms with Crippen LogP contribution in [0.3, 0.4) is 0 Å². The van der Waals surface area contributed by atoms with Gasteiger partial charge in [-0.1, -0.05) is 0 Å². The number of rotatable bonds is 2. The van der Waals surface area contributed by atoms with Gasteiger partial charge in [-0.25, -0.2) is 0 Å². The summed E-state index contributed by atoms with van der Waals surface area (Å²) in [4.78, 5) is 10.6. The Hall–Kier alpha value is -0.480. The third-order valence-electron chi connectivity index (χ3n) is 2.33. The number of aliphatic hydroxyl groups is 1. The number of hydrogen-bond donors (Lipinski definition) is 2. The van der Waals surface area contributed by atoms with Gasteiger partial charge in [0.05, 0.1) is 5.92 Å². The Bertz CT molecular complexity index is 226. The van der Waals surface area contributed by atoms with Gasteiger partial charge >= 0.3 is 5.97 Å². The zero-order chi connectivity index (χ0) is 9.35. The molecule has 1 heterocycles. The van der Waals surface area contributed by atoms with Crippen LogP contribution in [0.25, 0.3) is 0 Å². The van der Waals surface area contributed by atoms with Crippen LogP contribution < -0.4 is 0 Å². The Kier molecular flexibility index (Phi) is 2.49. The van der Waals surface area contributed by atoms with E-state index < -0.39 is 17.5 Å². The second-order valence-electron chi connectivity index (χ2n) is 3.03. The highest BCUT2D eigenvalue weighted by atomic mass is 32.2. The fourth-order valence-electron chi connectivity index (χ4n) is 1.20. The maximum Gasteiger partial charge on any atom is 0.309 e. The van der Waals surface area contributed by atoms with E-state index >= 15 is 0 Å². The minimum atomic E-state index is -1.18. The summed E-state index contributed by atoms with van der Waals surface area (Å²) in [6.07, 6.45) is 1.57. The molecule has 4 heteroatoms. The van der Waals surface area contributed by atoms with Crippen LogP contribution >= 0.6 is 11.8 Å². The Morgan fingerprint density at radius 3 is 2.67 bits per heavy atom. The van der Waals surface area contributed by atoms with Crippen LogP contribution in [0.2, 0.25) is 0 Å². The highest BCUT2D eigenvalue weighted by Gasteiger charge is 2.43. The Morgan fingerprint density at radius 1 is 1.75 bits per heavy atom. The molecule has 0 saturated heterocycles. The smallest absolute Gasteiger partial charge is 0.309 e. The number of carbonyl (C=O) groups is 1. The first-order chi connectivity index (χ1) is 5.48. The molecule has 0 spiro atoms. The molecule has 1 unspecified atom stereocenters. The van der Waals surface area contributed by atoms with Crippen molar-refractivity contribution in [2.75, 3.05) is 0 Å². The molecule has 0 aromatic carbocycles. The zero-order valence-corrected chi connectivity index (χ0v) is 7.84. The largest absolute Gasteiger partial charge is 0.481 e. The third kappa shape index (κ3) is 1.36. The molecular weight excluding hydrogens is 176 g/mol. The molecular formula is C8H12O3S. The molecule has 0 amide bonds. The predicted octanol–water partition coefficient (Wildman–Crippen LogP) is 1.09. The minimum Gasteiger partial charge on any atom is -0.481 e. The molecule has 2 N–H and O–H groups in total. The normalized spacial score (nSPS) is 36.8. The van der Waals surface area contributed by atoms with E-state index in [2.05, 4.69) is 0 Å². The van der Waals surface area contributed by atoms with Gasteiger partial charge in [0, 0.05) is 5.25 Å². The van der Waals surface area contributed by atoms with E-state index in [0.717, 1.165) is 0 Å². The average molecular weight is 188 g/mol. The van der Waals surface area contributed by atoms with Crippen molar-refractivity contribution >= 4 is 17.7 Å². The number of carboxylic acid groups (broad SMARTS) is 1. The van der Waals surface area contributed by atoms with Gasteiger partial charge < -0.3 is 10.2 Å². The summed E-state index contributed by atoms with van der Waals surface area (Å²) in [5.74, 6) is -1.71. The first-order valence-electron chi connectivity index (χ1n) is 3.77. The van der Waals surface area contributed by atoms with Crippen LogP contribution in [0.5, 0.6) is 0 Å². The summed E-state index contributed by atoms with van der Waals surface area (Å²) in [6, 6.07) is 0. The summed E-state index contributed by atoms with van der Waals surface area (Å²) in [5, 5.41) is 20.3. The predicted molar refractivity (Wildman–Crippen MR) is 47.9 cm³/mol. The highest BCUT2D eigenvalue weighted by molar-refractivity contribution is 8.03. The first kappa shape index (κ1) is 9.61. The lowest BCUT2D eigenvalue weighted by Gasteiger charge is -2.29. The van der Waals surface area contributed by atoms with Gasteiger partial charge in [0.2, 0.25) is 0 Å². The zero-order valence-electron chi connectivity index (χ0n) is 7.02. The molecule has 0 aromatic rings. The Morgan fingerprint density at radius 2 is 2.33 bits per heavy atom. The van der Waals surface area contributed by atoms with Gasteiger partial charge in [0.25, 0.3) is 0 Å². The molecule has 1 aliphatic heterocycles. The van der Waals surface area contributed by atoms with E-state index in [1.165, 1.54) is 18.7 Å². The second kappa shape index (κ2) is 3.11. The van der Waals surface area contributed by atoms with Gasteiger partial charge in [0.1, 0.15) is 5.60 Å². The van der Waals surface area contributed by atoms with Crippen LogP contribution in [0.4, 0.5) is 0 Å². The monoisotopic (exact) mass is 188 g/mol. The summed E-state index contributed by atoms with van der Waals surface area (Å²) in [7, 11) is 0. The van der Waals surface area contributed by atoms with Crippen LogP contribution in [0, 0.1) is 5.92 Å². The summed E-state index contributed by atoms with van der Waals surface area (Å²) >= 11 is 1.46. The van der Waals surface area contributed by atoms with Crippen molar-refractivity contribution < 1.29 is 15.0 Å². The first-order valence-corrected chi connectivity index (χ1v) is 4.71. The summed E-state index contributed by atoms with van der Waals surface area (Å²) in [6.45, 7) is 3.35. The molecule has 0 aromatic heterocycles. The molecule has 0 bridgehead atoms. The van der Waals surface area contributed by atoms with Crippen molar-refractivity contribution in [1.29, 1.82) is 0 Å². The number of carboxylic acids is 1. The van der Waals surface area contributed by atoms with Gasteiger partial charge in [-0.15, -0.1) is 11.8 Å². The van der Waals surface area contributed by atoms with Gasteiger partial charge in [-0.2, -0.15) is 0 Å². The summed E-state index contributed by atoms with van der Waals surface area (Å²) in [5.41, 5.74) is -1.18. The molecule has 3 nitrogen and oxygen atoms in total. The van der Waals surface area contributed by atoms with Crippen LogP contribution in [-0.4, -0.2) is 27.0 Å². The average Bonchev–Trinajstić information content (AvgIpc) is 2.32. The Labute approximate surface area is 75.5 Å². The number of aliphatic carboxylic acids is 1. The molecule has 68 valence electrons. The summed E-state index contributed by atoms with van der Waals surface area (Å²) < 4.78 is 0. The van der Waals surface area contributed by atoms with Gasteiger partial charge in [-0.3, -0.25) is 4.79 Å². The van der Waals surface area contributed by atoms with Crippen molar-refractivity contribution in [3.63, 3.8) is 0 Å². The molecule has 3 atom stereocenters. The van der Waals surface area contributed by atoms with E-state index in [1.807, 2.05) is 6.92 Å². The van der Waals surface area contributed by atoms with Gasteiger partial charge in [0.15, 0.2) is 0 Å². The van der Waals surface area contributed by atoms with Crippen LogP contribution in [-0.2, 0) is 4.79 Å². The van der Waals surface area contributed by atoms with E-state index in [9.17, 15) is 9.90 Å². The minimum absolute atomic E-state index is 0.0800. The number of thioether (sulfide) groups is 1. The Balaban J connectivity index is 2.84. The second-order valence-corrected chi connectivity index (χ2v) is 4.28. The van der Waals surface area contributed by atoms with Crippen molar-refractivity contribution in [3.8, 4) is 0 Å². The highest BCUT2D eigenvalue weighted by Crippen LogP contribution is 2.38. The van der Waals surface area contributed by atoms with Crippen molar-refractivity contribution in [2.45, 2.75) is 24.7 Å². The SMILES string of the molecule is CC1SC=C[C@@]1(O)[C@H](C)C(=O)O. The van der Waals surface area contributed by atoms with Crippen molar-refractivity contribution in [1.82, 2.24) is 0 Å².